The van der Waals surface area contributed by atoms with Crippen LogP contribution < -0.4 is 9.47 Å². The van der Waals surface area contributed by atoms with Gasteiger partial charge in [0.05, 0.1) is 14.2 Å². The molecule has 1 unspecified atom stereocenters. The largest absolute Gasteiger partial charge is 0.497 e. The lowest BCUT2D eigenvalue weighted by Crippen LogP contribution is -2.16. The van der Waals surface area contributed by atoms with Crippen LogP contribution in [0.25, 0.3) is 0 Å². The van der Waals surface area contributed by atoms with Crippen molar-refractivity contribution in [2.75, 3.05) is 20.8 Å². The first-order valence-corrected chi connectivity index (χ1v) is 5.94. The molecule has 0 aromatic heterocycles. The number of rotatable bonds is 6. The fourth-order valence-corrected chi connectivity index (χ4v) is 1.81. The van der Waals surface area contributed by atoms with E-state index in [2.05, 4.69) is 13.8 Å². The molecule has 0 spiro atoms. The van der Waals surface area contributed by atoms with Gasteiger partial charge in [0.25, 0.3) is 0 Å². The van der Waals surface area contributed by atoms with Gasteiger partial charge in [0, 0.05) is 12.7 Å². The van der Waals surface area contributed by atoms with Gasteiger partial charge in [-0.3, -0.25) is 0 Å². The van der Waals surface area contributed by atoms with Crippen LogP contribution in [0.3, 0.4) is 0 Å². The van der Waals surface area contributed by atoms with Crippen LogP contribution in [0.2, 0.25) is 0 Å². The van der Waals surface area contributed by atoms with Gasteiger partial charge in [-0.25, -0.2) is 0 Å². The SMILES string of the molecule is COc1ccc(CC(CO)C(C)C)c(OC)c1. The first-order chi connectivity index (χ1) is 8.12. The van der Waals surface area contributed by atoms with Gasteiger partial charge in [-0.05, 0) is 29.9 Å². The second-order valence-corrected chi connectivity index (χ2v) is 4.57. The third-order valence-corrected chi connectivity index (χ3v) is 3.15. The number of methoxy groups -OCH3 is 2. The Hall–Kier alpha value is -1.22. The van der Waals surface area contributed by atoms with E-state index < -0.39 is 0 Å². The number of aliphatic hydroxyl groups is 1. The van der Waals surface area contributed by atoms with Crippen LogP contribution >= 0.6 is 0 Å². The molecule has 1 aromatic carbocycles. The van der Waals surface area contributed by atoms with E-state index in [1.54, 1.807) is 14.2 Å². The molecule has 1 rings (SSSR count). The topological polar surface area (TPSA) is 38.7 Å². The summed E-state index contributed by atoms with van der Waals surface area (Å²) in [5, 5.41) is 9.36. The molecule has 1 N–H and O–H groups in total. The zero-order valence-corrected chi connectivity index (χ0v) is 11.1. The highest BCUT2D eigenvalue weighted by atomic mass is 16.5. The molecule has 0 aliphatic rings. The van der Waals surface area contributed by atoms with E-state index in [1.807, 2.05) is 18.2 Å². The summed E-state index contributed by atoms with van der Waals surface area (Å²) in [5.74, 6) is 2.32. The average molecular weight is 238 g/mol. The van der Waals surface area contributed by atoms with Crippen molar-refractivity contribution in [3.63, 3.8) is 0 Å². The smallest absolute Gasteiger partial charge is 0.125 e. The van der Waals surface area contributed by atoms with Gasteiger partial charge in [0.2, 0.25) is 0 Å². The summed E-state index contributed by atoms with van der Waals surface area (Å²) in [7, 11) is 3.29. The Labute approximate surface area is 103 Å². The maximum atomic E-state index is 9.36. The molecule has 0 amide bonds. The van der Waals surface area contributed by atoms with E-state index in [9.17, 15) is 5.11 Å². The number of ether oxygens (including phenoxy) is 2. The molecular formula is C14H22O3. The number of hydrogen-bond donors (Lipinski definition) is 1. The van der Waals surface area contributed by atoms with E-state index in [0.29, 0.717) is 5.92 Å². The predicted molar refractivity (Wildman–Crippen MR) is 68.7 cm³/mol. The average Bonchev–Trinajstić information content (AvgIpc) is 2.35. The van der Waals surface area contributed by atoms with Gasteiger partial charge < -0.3 is 14.6 Å². The second kappa shape index (κ2) is 6.50. The van der Waals surface area contributed by atoms with Crippen molar-refractivity contribution in [3.8, 4) is 11.5 Å². The summed E-state index contributed by atoms with van der Waals surface area (Å²) >= 11 is 0. The molecule has 0 radical (unpaired) electrons. The van der Waals surface area contributed by atoms with E-state index >= 15 is 0 Å². The lowest BCUT2D eigenvalue weighted by Gasteiger charge is -2.19. The van der Waals surface area contributed by atoms with Gasteiger partial charge >= 0.3 is 0 Å². The molecule has 1 aromatic rings. The van der Waals surface area contributed by atoms with Crippen molar-refractivity contribution in [3.05, 3.63) is 23.8 Å². The lowest BCUT2D eigenvalue weighted by molar-refractivity contribution is 0.188. The van der Waals surface area contributed by atoms with E-state index in [1.165, 1.54) is 0 Å². The van der Waals surface area contributed by atoms with Gasteiger partial charge in [-0.15, -0.1) is 0 Å². The van der Waals surface area contributed by atoms with Crippen LogP contribution in [0.15, 0.2) is 18.2 Å². The van der Waals surface area contributed by atoms with Crippen molar-refractivity contribution in [2.45, 2.75) is 20.3 Å². The van der Waals surface area contributed by atoms with Crippen LogP contribution in [0.5, 0.6) is 11.5 Å². The Balaban J connectivity index is 2.89. The van der Waals surface area contributed by atoms with Crippen molar-refractivity contribution in [2.24, 2.45) is 11.8 Å². The Bertz CT molecular complexity index is 347. The highest BCUT2D eigenvalue weighted by molar-refractivity contribution is 5.41. The second-order valence-electron chi connectivity index (χ2n) is 4.57. The molecule has 1 atom stereocenters. The maximum Gasteiger partial charge on any atom is 0.125 e. The minimum atomic E-state index is 0.201. The van der Waals surface area contributed by atoms with E-state index in [0.717, 1.165) is 23.5 Å². The van der Waals surface area contributed by atoms with Crippen molar-refractivity contribution < 1.29 is 14.6 Å². The molecule has 96 valence electrons. The lowest BCUT2D eigenvalue weighted by atomic mass is 9.89. The van der Waals surface area contributed by atoms with Gasteiger partial charge in [0.15, 0.2) is 0 Å². The van der Waals surface area contributed by atoms with Crippen molar-refractivity contribution in [1.29, 1.82) is 0 Å². The highest BCUT2D eigenvalue weighted by Gasteiger charge is 2.15. The summed E-state index contributed by atoms with van der Waals surface area (Å²) in [6.07, 6.45) is 0.821. The zero-order chi connectivity index (χ0) is 12.8. The quantitative estimate of drug-likeness (QED) is 0.827. The zero-order valence-electron chi connectivity index (χ0n) is 11.1. The molecule has 0 fully saturated rings. The third-order valence-electron chi connectivity index (χ3n) is 3.15. The normalized spacial score (nSPS) is 12.6. The Morgan fingerprint density at radius 1 is 1.18 bits per heavy atom. The Morgan fingerprint density at radius 2 is 1.88 bits per heavy atom. The summed E-state index contributed by atoms with van der Waals surface area (Å²) in [6.45, 7) is 4.45. The number of hydrogen-bond acceptors (Lipinski definition) is 3. The summed E-state index contributed by atoms with van der Waals surface area (Å²) < 4.78 is 10.5. The fourth-order valence-electron chi connectivity index (χ4n) is 1.81. The molecule has 0 saturated heterocycles. The van der Waals surface area contributed by atoms with Crippen LogP contribution in [-0.4, -0.2) is 25.9 Å². The van der Waals surface area contributed by atoms with Crippen LogP contribution in [0.1, 0.15) is 19.4 Å². The molecule has 3 heteroatoms. The monoisotopic (exact) mass is 238 g/mol. The van der Waals surface area contributed by atoms with Crippen LogP contribution in [0.4, 0.5) is 0 Å². The molecule has 0 heterocycles. The molecule has 0 bridgehead atoms. The fraction of sp³-hybridized carbons (Fsp3) is 0.571. The molecule has 0 saturated carbocycles. The Morgan fingerprint density at radius 3 is 2.35 bits per heavy atom. The van der Waals surface area contributed by atoms with E-state index in [-0.39, 0.29) is 12.5 Å². The van der Waals surface area contributed by atoms with Gasteiger partial charge in [0.1, 0.15) is 11.5 Å². The maximum absolute atomic E-state index is 9.36. The van der Waals surface area contributed by atoms with Crippen molar-refractivity contribution >= 4 is 0 Å². The van der Waals surface area contributed by atoms with Gasteiger partial charge in [-0.2, -0.15) is 0 Å². The molecule has 0 aliphatic heterocycles. The highest BCUT2D eigenvalue weighted by Crippen LogP contribution is 2.28. The number of benzene rings is 1. The van der Waals surface area contributed by atoms with E-state index in [4.69, 9.17) is 9.47 Å². The summed E-state index contributed by atoms with van der Waals surface area (Å²) in [4.78, 5) is 0. The van der Waals surface area contributed by atoms with Crippen LogP contribution in [0, 0.1) is 11.8 Å². The third kappa shape index (κ3) is 3.63. The molecule has 0 aliphatic carbocycles. The summed E-state index contributed by atoms with van der Waals surface area (Å²) in [5.41, 5.74) is 1.11. The minimum absolute atomic E-state index is 0.201. The number of aliphatic hydroxyl groups excluding tert-OH is 1. The molecule has 3 nitrogen and oxygen atoms in total. The first-order valence-electron chi connectivity index (χ1n) is 5.94. The Kier molecular flexibility index (Phi) is 5.29. The van der Waals surface area contributed by atoms with Gasteiger partial charge in [-0.1, -0.05) is 19.9 Å². The molecule has 17 heavy (non-hydrogen) atoms. The molecular weight excluding hydrogens is 216 g/mol. The standard InChI is InChI=1S/C14H22O3/c1-10(2)12(9-15)7-11-5-6-13(16-3)8-14(11)17-4/h5-6,8,10,12,15H,7,9H2,1-4H3. The summed E-state index contributed by atoms with van der Waals surface area (Å²) in [6, 6.07) is 5.80. The minimum Gasteiger partial charge on any atom is -0.497 e. The first kappa shape index (κ1) is 13.8. The van der Waals surface area contributed by atoms with Crippen molar-refractivity contribution in [1.82, 2.24) is 0 Å². The van der Waals surface area contributed by atoms with Crippen LogP contribution in [-0.2, 0) is 6.42 Å². The predicted octanol–water partition coefficient (Wildman–Crippen LogP) is 2.51.